The molecule has 0 unspecified atom stereocenters. The monoisotopic (exact) mass is 1660 g/mol. The standard InChI is InChI=1S/C18H15N3O3.C17H12BrN3O2.2C17H12ClN3O2.C17H14N4O3/c1-24-13-5-3-12(4-6-13)21-18(23)15-9-19-16-8-11(10-22)2-7-14(16)17(15)20-21;1-23-12-5-3-11(4-6-12)21-17(22)14-9-19-15-8-10(18)2-7-13(15)16(14)20-21;1-23-12-5-3-11(4-6-12)21-17(22)14-9-19-15-7-2-10(18)8-13(15)16(14)20-21;1-23-12-4-2-3-11(8-12)21-17(22)14-9-19-15-6-5-10(18)7-13(15)16(14)20-21;1-24-12-4-2-11(3-5-12)21-17(23)14-8-19-15-6-10(9-22)18-7-13(15)16(14)20-21/h2-9,20,22H,10H2,1H3;3*2-9,20H,1H3;2-8,20,22H,9H2,1H3. The van der Waals surface area contributed by atoms with Crippen LogP contribution in [0.1, 0.15) is 11.3 Å². The van der Waals surface area contributed by atoms with Gasteiger partial charge in [0.2, 0.25) is 0 Å². The maximum atomic E-state index is 12.7. The molecule has 582 valence electrons. The minimum atomic E-state index is -0.184. The van der Waals surface area contributed by atoms with E-state index in [9.17, 15) is 34.2 Å². The third-order valence-electron chi connectivity index (χ3n) is 19.5. The molecule has 0 saturated heterocycles. The van der Waals surface area contributed by atoms with Crippen LogP contribution in [-0.4, -0.2) is 125 Å². The minimum Gasteiger partial charge on any atom is -0.497 e. The van der Waals surface area contributed by atoms with E-state index >= 15 is 0 Å². The van der Waals surface area contributed by atoms with Gasteiger partial charge in [-0.25, -0.2) is 23.4 Å². The smallest absolute Gasteiger partial charge is 0.280 e. The number of H-pyrrole nitrogens is 5. The Morgan fingerprint density at radius 2 is 0.641 bits per heavy atom. The van der Waals surface area contributed by atoms with Gasteiger partial charge in [0.1, 0.15) is 28.7 Å². The van der Waals surface area contributed by atoms with Gasteiger partial charge in [-0.1, -0.05) is 57.3 Å². The van der Waals surface area contributed by atoms with Gasteiger partial charge in [-0.05, 0) is 181 Å². The Balaban J connectivity index is 0.000000110. The van der Waals surface area contributed by atoms with Crippen molar-refractivity contribution >= 4 is 148 Å². The van der Waals surface area contributed by atoms with Crippen LogP contribution in [0, 0.1) is 0 Å². The highest BCUT2D eigenvalue weighted by molar-refractivity contribution is 9.10. The van der Waals surface area contributed by atoms with Crippen molar-refractivity contribution in [1.82, 2.24) is 78.8 Å². The molecular formula is C86H65BrCl2N16O12. The number of hydrogen-bond acceptors (Lipinski definition) is 18. The zero-order valence-electron chi connectivity index (χ0n) is 62.5. The normalized spacial score (nSPS) is 11.2. The number of aromatic nitrogens is 16. The molecule has 0 aliphatic carbocycles. The van der Waals surface area contributed by atoms with E-state index in [2.05, 4.69) is 71.3 Å². The molecule has 28 nitrogen and oxygen atoms in total. The summed E-state index contributed by atoms with van der Waals surface area (Å²) in [6.45, 7) is -0.196. The van der Waals surface area contributed by atoms with Gasteiger partial charge < -0.3 is 33.9 Å². The number of methoxy groups -OCH3 is 5. The number of pyridine rings is 6. The highest BCUT2D eigenvalue weighted by Gasteiger charge is 2.19. The van der Waals surface area contributed by atoms with Crippen molar-refractivity contribution < 1.29 is 33.9 Å². The molecule has 0 fully saturated rings. The largest absolute Gasteiger partial charge is 0.497 e. The summed E-state index contributed by atoms with van der Waals surface area (Å²) in [5, 5.41) is 42.1. The van der Waals surface area contributed by atoms with E-state index in [1.54, 1.807) is 151 Å². The van der Waals surface area contributed by atoms with Crippen LogP contribution in [0.3, 0.4) is 0 Å². The summed E-state index contributed by atoms with van der Waals surface area (Å²) in [7, 11) is 8.00. The molecule has 20 rings (SSSR count). The van der Waals surface area contributed by atoms with Crippen molar-refractivity contribution in [3.63, 3.8) is 0 Å². The fourth-order valence-electron chi connectivity index (χ4n) is 13.5. The van der Waals surface area contributed by atoms with Crippen LogP contribution in [0.2, 0.25) is 10.0 Å². The molecule has 11 aromatic heterocycles. The Kier molecular flexibility index (Phi) is 21.3. The Bertz CT molecular complexity index is 7340. The van der Waals surface area contributed by atoms with Gasteiger partial charge in [0.25, 0.3) is 27.8 Å². The second-order valence-electron chi connectivity index (χ2n) is 26.3. The van der Waals surface area contributed by atoms with E-state index in [1.165, 1.54) is 29.6 Å². The summed E-state index contributed by atoms with van der Waals surface area (Å²) < 4.78 is 34.2. The quantitative estimate of drug-likeness (QED) is 0.0597. The van der Waals surface area contributed by atoms with Gasteiger partial charge in [0.15, 0.2) is 0 Å². The van der Waals surface area contributed by atoms with E-state index < -0.39 is 0 Å². The lowest BCUT2D eigenvalue weighted by Gasteiger charge is -2.04. The average molecular weight is 1670 g/mol. The van der Waals surface area contributed by atoms with E-state index in [4.69, 9.17) is 46.9 Å². The molecule has 0 atom stereocenters. The molecule has 20 aromatic rings. The SMILES string of the molecule is COc1ccc(-n2[nH]c3c(cnc4cc(Br)ccc43)c2=O)cc1.COc1ccc(-n2[nH]c3c(cnc4cc(CO)ccc43)c2=O)cc1.COc1ccc(-n2[nH]c3c(cnc4cc(CO)ncc43)c2=O)cc1.COc1ccc(-n2[nH]c3c(cnc4ccc(Cl)cc43)c2=O)cc1.COc1cccc(-n2[nH]c3c(cnc4ccc(Cl)cc43)c2=O)c1. The van der Waals surface area contributed by atoms with Crippen LogP contribution in [0.15, 0.2) is 266 Å². The van der Waals surface area contributed by atoms with Crippen molar-refractivity contribution in [2.75, 3.05) is 35.5 Å². The topological polar surface area (TPSA) is 353 Å². The van der Waals surface area contributed by atoms with Crippen molar-refractivity contribution in [2.24, 2.45) is 0 Å². The Hall–Kier alpha value is -14.5. The van der Waals surface area contributed by atoms with Gasteiger partial charge in [0, 0.05) is 84.7 Å². The number of nitrogens with zero attached hydrogens (tertiary/aromatic N) is 11. The molecule has 0 radical (unpaired) electrons. The fraction of sp³-hybridized carbons (Fsp3) is 0.0814. The maximum Gasteiger partial charge on any atom is 0.280 e. The summed E-state index contributed by atoms with van der Waals surface area (Å²) in [5.74, 6) is 3.60. The van der Waals surface area contributed by atoms with Gasteiger partial charge in [0.05, 0.1) is 165 Å². The first kappa shape index (κ1) is 76.5. The van der Waals surface area contributed by atoms with Crippen LogP contribution in [-0.2, 0) is 13.2 Å². The fourth-order valence-corrected chi connectivity index (χ4v) is 14.2. The zero-order chi connectivity index (χ0) is 81.3. The van der Waals surface area contributed by atoms with Crippen molar-refractivity contribution in [3.8, 4) is 57.2 Å². The number of halogens is 3. The molecule has 0 bridgehead atoms. The lowest BCUT2D eigenvalue weighted by molar-refractivity contribution is 0.277. The molecule has 0 amide bonds. The average Bonchev–Trinajstić information content (AvgIpc) is 1.62. The molecule has 31 heteroatoms. The van der Waals surface area contributed by atoms with Gasteiger partial charge in [-0.3, -0.25) is 79.4 Å². The summed E-state index contributed by atoms with van der Waals surface area (Å²) in [6.07, 6.45) is 9.51. The summed E-state index contributed by atoms with van der Waals surface area (Å²) in [6, 6.07) is 60.1. The number of aromatic amines is 5. The first-order valence-corrected chi connectivity index (χ1v) is 37.4. The number of aliphatic hydroxyl groups excluding tert-OH is 2. The second kappa shape index (κ2) is 32.5. The van der Waals surface area contributed by atoms with Gasteiger partial charge in [-0.15, -0.1) is 0 Å². The van der Waals surface area contributed by atoms with Crippen LogP contribution in [0.5, 0.6) is 28.7 Å². The van der Waals surface area contributed by atoms with Gasteiger partial charge in [-0.2, -0.15) is 0 Å². The van der Waals surface area contributed by atoms with E-state index in [-0.39, 0.29) is 41.0 Å². The molecule has 9 aromatic carbocycles. The van der Waals surface area contributed by atoms with Crippen LogP contribution >= 0.6 is 39.1 Å². The number of fused-ring (bicyclic) bond motifs is 15. The lowest BCUT2D eigenvalue weighted by Crippen LogP contribution is -2.14. The van der Waals surface area contributed by atoms with Crippen LogP contribution in [0.4, 0.5) is 0 Å². The number of nitrogens with one attached hydrogen (secondary N) is 5. The lowest BCUT2D eigenvalue weighted by atomic mass is 10.1. The third-order valence-corrected chi connectivity index (χ3v) is 20.5. The van der Waals surface area contributed by atoms with Crippen molar-refractivity contribution in [3.05, 3.63) is 315 Å². The number of rotatable bonds is 12. The number of hydrogen-bond donors (Lipinski definition) is 7. The minimum absolute atomic E-state index is 0.0426. The second-order valence-corrected chi connectivity index (χ2v) is 28.1. The predicted octanol–water partition coefficient (Wildman–Crippen LogP) is 14.8. The van der Waals surface area contributed by atoms with Crippen molar-refractivity contribution in [2.45, 2.75) is 13.2 Å². The van der Waals surface area contributed by atoms with Gasteiger partial charge >= 0.3 is 0 Å². The molecule has 117 heavy (non-hydrogen) atoms. The number of benzene rings is 9. The maximum absolute atomic E-state index is 12.7. The molecule has 0 saturated carbocycles. The summed E-state index contributed by atoms with van der Waals surface area (Å²) in [5.41, 5.74) is 11.5. The predicted molar refractivity (Wildman–Crippen MR) is 456 cm³/mol. The highest BCUT2D eigenvalue weighted by atomic mass is 79.9. The highest BCUT2D eigenvalue weighted by Crippen LogP contribution is 2.31. The molecule has 0 aliphatic heterocycles. The first-order valence-electron chi connectivity index (χ1n) is 35.9. The number of ether oxygens (including phenoxy) is 5. The molecule has 0 spiro atoms. The Morgan fingerprint density at radius 3 is 1.02 bits per heavy atom. The molecular weight excluding hydrogens is 1600 g/mol. The summed E-state index contributed by atoms with van der Waals surface area (Å²) >= 11 is 15.6. The molecule has 0 aliphatic rings. The van der Waals surface area contributed by atoms with Crippen molar-refractivity contribution in [1.29, 1.82) is 0 Å². The van der Waals surface area contributed by atoms with E-state index in [1.807, 2.05) is 115 Å². The molecule has 11 heterocycles. The van der Waals surface area contributed by atoms with Crippen LogP contribution in [0.25, 0.3) is 137 Å². The van der Waals surface area contributed by atoms with E-state index in [0.717, 1.165) is 116 Å². The Morgan fingerprint density at radius 1 is 0.308 bits per heavy atom. The van der Waals surface area contributed by atoms with Crippen LogP contribution < -0.4 is 51.5 Å². The summed E-state index contributed by atoms with van der Waals surface area (Å²) in [4.78, 5) is 89.2. The number of aliphatic hydroxyl groups is 2. The Labute approximate surface area is 677 Å². The van der Waals surface area contributed by atoms with E-state index in [0.29, 0.717) is 76.3 Å². The molecule has 7 N–H and O–H groups in total. The zero-order valence-corrected chi connectivity index (χ0v) is 65.6. The first-order chi connectivity index (χ1) is 56.9. The third kappa shape index (κ3) is 14.9.